The Kier molecular flexibility index (Phi) is 6.34. The number of rotatable bonds is 7. The minimum atomic E-state index is -0.623. The molecule has 0 atom stereocenters. The van der Waals surface area contributed by atoms with Crippen molar-refractivity contribution in [3.05, 3.63) is 41.0 Å². The molecule has 1 aliphatic rings. The first-order chi connectivity index (χ1) is 13.0. The zero-order valence-electron chi connectivity index (χ0n) is 15.1. The van der Waals surface area contributed by atoms with Crippen molar-refractivity contribution in [2.45, 2.75) is 38.6 Å². The van der Waals surface area contributed by atoms with Gasteiger partial charge in [-0.05, 0) is 43.5 Å². The van der Waals surface area contributed by atoms with Gasteiger partial charge in [0.25, 0.3) is 5.91 Å². The van der Waals surface area contributed by atoms with E-state index in [1.807, 2.05) is 11.6 Å². The van der Waals surface area contributed by atoms with Crippen LogP contribution >= 0.6 is 11.6 Å². The molecule has 1 N–H and O–H groups in total. The Bertz CT molecular complexity index is 815. The van der Waals surface area contributed by atoms with Crippen LogP contribution in [0.4, 0.5) is 5.82 Å². The van der Waals surface area contributed by atoms with Crippen LogP contribution in [-0.2, 0) is 14.3 Å². The van der Waals surface area contributed by atoms with E-state index < -0.39 is 11.9 Å². The molecular weight excluding hydrogens is 370 g/mol. The number of aryl methyl sites for hydroxylation is 1. The Hall–Kier alpha value is -2.54. The molecular formula is C19H22ClN3O4. The van der Waals surface area contributed by atoms with Gasteiger partial charge in [0.2, 0.25) is 0 Å². The van der Waals surface area contributed by atoms with E-state index in [1.165, 1.54) is 12.8 Å². The molecule has 2 aromatic rings. The minimum Gasteiger partial charge on any atom is -0.482 e. The Balaban J connectivity index is 1.43. The summed E-state index contributed by atoms with van der Waals surface area (Å²) < 4.78 is 12.1. The average molecular weight is 392 g/mol. The summed E-state index contributed by atoms with van der Waals surface area (Å²) in [6.45, 7) is 1.18. The quantitative estimate of drug-likeness (QED) is 0.730. The van der Waals surface area contributed by atoms with Gasteiger partial charge in [-0.1, -0.05) is 24.4 Å². The second kappa shape index (κ2) is 8.90. The highest BCUT2D eigenvalue weighted by Gasteiger charge is 2.20. The van der Waals surface area contributed by atoms with Crippen LogP contribution in [0.25, 0.3) is 0 Å². The summed E-state index contributed by atoms with van der Waals surface area (Å²) in [5.74, 6) is 0.0992. The maximum absolute atomic E-state index is 12.1. The Morgan fingerprint density at radius 3 is 2.78 bits per heavy atom. The Morgan fingerprint density at radius 2 is 2.04 bits per heavy atom. The van der Waals surface area contributed by atoms with Crippen molar-refractivity contribution in [2.24, 2.45) is 0 Å². The van der Waals surface area contributed by atoms with Gasteiger partial charge in [-0.2, -0.15) is 5.10 Å². The maximum atomic E-state index is 12.1. The number of amides is 1. The summed E-state index contributed by atoms with van der Waals surface area (Å²) in [5.41, 5.74) is 0.848. The highest BCUT2D eigenvalue weighted by atomic mass is 35.5. The summed E-state index contributed by atoms with van der Waals surface area (Å²) in [4.78, 5) is 23.8. The van der Waals surface area contributed by atoms with E-state index in [0.717, 1.165) is 18.4 Å². The highest BCUT2D eigenvalue weighted by molar-refractivity contribution is 6.31. The molecule has 0 radical (unpaired) electrons. The SMILES string of the molecule is Cc1cc(OCC(=O)OCC(=O)Nc2ccnn2C2CCCC2)ccc1Cl. The van der Waals surface area contributed by atoms with Crippen LogP contribution in [0.3, 0.4) is 0 Å². The molecule has 1 aliphatic carbocycles. The smallest absolute Gasteiger partial charge is 0.344 e. The Morgan fingerprint density at radius 1 is 1.26 bits per heavy atom. The molecule has 7 nitrogen and oxygen atoms in total. The van der Waals surface area contributed by atoms with Crippen LogP contribution in [-0.4, -0.2) is 34.9 Å². The first-order valence-corrected chi connectivity index (χ1v) is 9.28. The minimum absolute atomic E-state index is 0.283. The van der Waals surface area contributed by atoms with Gasteiger partial charge in [-0.15, -0.1) is 0 Å². The van der Waals surface area contributed by atoms with Crippen LogP contribution in [0.5, 0.6) is 5.75 Å². The third kappa shape index (κ3) is 5.23. The number of anilines is 1. The molecule has 0 spiro atoms. The van der Waals surface area contributed by atoms with Crippen LogP contribution in [0.2, 0.25) is 5.02 Å². The van der Waals surface area contributed by atoms with Gasteiger partial charge in [-0.25, -0.2) is 9.48 Å². The summed E-state index contributed by atoms with van der Waals surface area (Å²) >= 11 is 5.94. The van der Waals surface area contributed by atoms with Crippen molar-refractivity contribution >= 4 is 29.3 Å². The number of carbonyl (C=O) groups is 2. The number of carbonyl (C=O) groups excluding carboxylic acids is 2. The van der Waals surface area contributed by atoms with E-state index in [2.05, 4.69) is 10.4 Å². The van der Waals surface area contributed by atoms with Crippen molar-refractivity contribution in [2.75, 3.05) is 18.5 Å². The van der Waals surface area contributed by atoms with Crippen molar-refractivity contribution < 1.29 is 19.1 Å². The fraction of sp³-hybridized carbons (Fsp3) is 0.421. The monoisotopic (exact) mass is 391 g/mol. The molecule has 1 saturated carbocycles. The normalized spacial score (nSPS) is 14.1. The molecule has 1 heterocycles. The van der Waals surface area contributed by atoms with Gasteiger partial charge in [0.05, 0.1) is 12.2 Å². The molecule has 27 heavy (non-hydrogen) atoms. The second-order valence-electron chi connectivity index (χ2n) is 6.51. The number of benzene rings is 1. The molecule has 1 amide bonds. The lowest BCUT2D eigenvalue weighted by atomic mass is 10.2. The molecule has 0 bridgehead atoms. The number of halogens is 1. The van der Waals surface area contributed by atoms with E-state index >= 15 is 0 Å². The van der Waals surface area contributed by atoms with Gasteiger partial charge in [-0.3, -0.25) is 4.79 Å². The third-order valence-corrected chi connectivity index (χ3v) is 4.88. The molecule has 0 saturated heterocycles. The fourth-order valence-corrected chi connectivity index (χ4v) is 3.19. The Labute approximate surface area is 162 Å². The number of aromatic nitrogens is 2. The van der Waals surface area contributed by atoms with Gasteiger partial charge in [0.15, 0.2) is 13.2 Å². The second-order valence-corrected chi connectivity index (χ2v) is 6.92. The van der Waals surface area contributed by atoms with Gasteiger partial charge in [0.1, 0.15) is 11.6 Å². The van der Waals surface area contributed by atoms with Crippen LogP contribution < -0.4 is 10.1 Å². The van der Waals surface area contributed by atoms with E-state index in [9.17, 15) is 9.59 Å². The lowest BCUT2D eigenvalue weighted by Gasteiger charge is -2.14. The lowest BCUT2D eigenvalue weighted by Crippen LogP contribution is -2.25. The zero-order valence-corrected chi connectivity index (χ0v) is 15.9. The molecule has 144 valence electrons. The van der Waals surface area contributed by atoms with Crippen LogP contribution in [0, 0.1) is 6.92 Å². The molecule has 0 unspecified atom stereocenters. The summed E-state index contributed by atoms with van der Waals surface area (Å²) in [6, 6.07) is 7.14. The highest BCUT2D eigenvalue weighted by Crippen LogP contribution is 2.31. The average Bonchev–Trinajstić information content (AvgIpc) is 3.32. The van der Waals surface area contributed by atoms with Crippen molar-refractivity contribution in [1.29, 1.82) is 0 Å². The molecule has 1 aromatic carbocycles. The topological polar surface area (TPSA) is 82.4 Å². The summed E-state index contributed by atoms with van der Waals surface area (Å²) in [6.07, 6.45) is 6.11. The van der Waals surface area contributed by atoms with E-state index in [-0.39, 0.29) is 13.2 Å². The van der Waals surface area contributed by atoms with Crippen LogP contribution in [0.1, 0.15) is 37.3 Å². The first kappa shape index (κ1) is 19.2. The molecule has 3 rings (SSSR count). The lowest BCUT2D eigenvalue weighted by molar-refractivity contribution is -0.149. The molecule has 1 aromatic heterocycles. The van der Waals surface area contributed by atoms with Crippen LogP contribution in [0.15, 0.2) is 30.5 Å². The van der Waals surface area contributed by atoms with Crippen molar-refractivity contribution in [3.63, 3.8) is 0 Å². The largest absolute Gasteiger partial charge is 0.482 e. The number of hydrogen-bond acceptors (Lipinski definition) is 5. The first-order valence-electron chi connectivity index (χ1n) is 8.91. The number of nitrogens with one attached hydrogen (secondary N) is 1. The third-order valence-electron chi connectivity index (χ3n) is 4.46. The number of nitrogens with zero attached hydrogens (tertiary/aromatic N) is 2. The summed E-state index contributed by atoms with van der Waals surface area (Å²) in [5, 5.41) is 7.65. The van der Waals surface area contributed by atoms with Gasteiger partial charge >= 0.3 is 5.97 Å². The molecule has 1 fully saturated rings. The number of esters is 1. The number of hydrogen-bond donors (Lipinski definition) is 1. The zero-order chi connectivity index (χ0) is 19.2. The summed E-state index contributed by atoms with van der Waals surface area (Å²) in [7, 11) is 0. The van der Waals surface area contributed by atoms with Gasteiger partial charge < -0.3 is 14.8 Å². The standard InChI is InChI=1S/C19H22ClN3O4/c1-13-10-15(6-7-16(13)20)26-12-19(25)27-11-18(24)22-17-8-9-21-23(17)14-4-2-3-5-14/h6-10,14H,2-5,11-12H2,1H3,(H,22,24). The molecule has 8 heteroatoms. The molecule has 0 aliphatic heterocycles. The van der Waals surface area contributed by atoms with Gasteiger partial charge in [0, 0.05) is 11.1 Å². The van der Waals surface area contributed by atoms with E-state index in [4.69, 9.17) is 21.1 Å². The predicted octanol–water partition coefficient (Wildman–Crippen LogP) is 3.52. The number of ether oxygens (including phenoxy) is 2. The fourth-order valence-electron chi connectivity index (χ4n) is 3.07. The predicted molar refractivity (Wildman–Crippen MR) is 101 cm³/mol. The van der Waals surface area contributed by atoms with Crippen molar-refractivity contribution in [3.8, 4) is 5.75 Å². The van der Waals surface area contributed by atoms with E-state index in [1.54, 1.807) is 30.5 Å². The van der Waals surface area contributed by atoms with E-state index in [0.29, 0.717) is 22.6 Å². The van der Waals surface area contributed by atoms with Crippen molar-refractivity contribution in [1.82, 2.24) is 9.78 Å². The maximum Gasteiger partial charge on any atom is 0.344 e.